The van der Waals surface area contributed by atoms with Crippen LogP contribution in [0, 0.1) is 13.8 Å². The molecule has 152 valence electrons. The van der Waals surface area contributed by atoms with Crippen LogP contribution in [-0.2, 0) is 13.6 Å². The largest absolute Gasteiger partial charge is 0.495 e. The van der Waals surface area contributed by atoms with Crippen molar-refractivity contribution in [2.24, 2.45) is 7.05 Å². The molecular weight excluding hydrogens is 370 g/mol. The van der Waals surface area contributed by atoms with Crippen LogP contribution in [0.2, 0.25) is 0 Å². The highest BCUT2D eigenvalue weighted by Crippen LogP contribution is 2.29. The van der Waals surface area contributed by atoms with Crippen molar-refractivity contribution < 1.29 is 4.74 Å². The molecule has 29 heavy (non-hydrogen) atoms. The predicted octanol–water partition coefficient (Wildman–Crippen LogP) is 2.56. The normalized spacial score (nSPS) is 11.6. The Bertz CT molecular complexity index is 1350. The Kier molecular flexibility index (Phi) is 4.56. The van der Waals surface area contributed by atoms with E-state index in [0.717, 1.165) is 29.9 Å². The van der Waals surface area contributed by atoms with E-state index < -0.39 is 0 Å². The highest BCUT2D eigenvalue weighted by molar-refractivity contribution is 5.77. The number of imidazole rings is 2. The molecule has 4 aromatic rings. The standard InChI is InChI=1S/C21H25N5O3/c1-6-7-12-24-19(27)17-18(23(4)21(24)28)22-20-25(13(2)14(3)26(17)20)15-10-8-9-11-16(15)29-5/h8-11H,6-7,12H2,1-5H3. The number of rotatable bonds is 5. The van der Waals surface area contributed by atoms with E-state index in [4.69, 9.17) is 9.72 Å². The van der Waals surface area contributed by atoms with Gasteiger partial charge in [-0.25, -0.2) is 4.79 Å². The third-order valence-corrected chi connectivity index (χ3v) is 5.58. The maximum absolute atomic E-state index is 13.3. The summed E-state index contributed by atoms with van der Waals surface area (Å²) in [5.41, 5.74) is 2.84. The average molecular weight is 395 g/mol. The second-order valence-electron chi connectivity index (χ2n) is 7.25. The number of ether oxygens (including phenoxy) is 1. The number of para-hydroxylation sites is 2. The number of benzene rings is 1. The van der Waals surface area contributed by atoms with Crippen molar-refractivity contribution >= 4 is 16.9 Å². The zero-order valence-electron chi connectivity index (χ0n) is 17.4. The van der Waals surface area contributed by atoms with E-state index in [1.165, 1.54) is 9.13 Å². The van der Waals surface area contributed by atoms with E-state index in [1.54, 1.807) is 14.2 Å². The van der Waals surface area contributed by atoms with E-state index in [2.05, 4.69) is 0 Å². The monoisotopic (exact) mass is 395 g/mol. The molecule has 8 heteroatoms. The van der Waals surface area contributed by atoms with Crippen molar-refractivity contribution in [1.82, 2.24) is 23.1 Å². The molecular formula is C21H25N5O3. The highest BCUT2D eigenvalue weighted by Gasteiger charge is 2.24. The smallest absolute Gasteiger partial charge is 0.332 e. The van der Waals surface area contributed by atoms with Crippen molar-refractivity contribution in [3.63, 3.8) is 0 Å². The molecule has 0 amide bonds. The fraction of sp³-hybridized carbons (Fsp3) is 0.381. The minimum atomic E-state index is -0.338. The summed E-state index contributed by atoms with van der Waals surface area (Å²) in [4.78, 5) is 30.7. The minimum absolute atomic E-state index is 0.302. The lowest BCUT2D eigenvalue weighted by Crippen LogP contribution is -2.39. The van der Waals surface area contributed by atoms with Gasteiger partial charge in [0.05, 0.1) is 12.8 Å². The van der Waals surface area contributed by atoms with Gasteiger partial charge >= 0.3 is 5.69 Å². The van der Waals surface area contributed by atoms with Crippen LogP contribution >= 0.6 is 0 Å². The van der Waals surface area contributed by atoms with E-state index in [9.17, 15) is 9.59 Å². The number of fused-ring (bicyclic) bond motifs is 3. The maximum Gasteiger partial charge on any atom is 0.332 e. The predicted molar refractivity (Wildman–Crippen MR) is 112 cm³/mol. The third-order valence-electron chi connectivity index (χ3n) is 5.58. The minimum Gasteiger partial charge on any atom is -0.495 e. The highest BCUT2D eigenvalue weighted by atomic mass is 16.5. The van der Waals surface area contributed by atoms with Gasteiger partial charge in [0, 0.05) is 25.0 Å². The van der Waals surface area contributed by atoms with Crippen LogP contribution in [0.4, 0.5) is 0 Å². The van der Waals surface area contributed by atoms with Gasteiger partial charge in [-0.05, 0) is 32.4 Å². The summed E-state index contributed by atoms with van der Waals surface area (Å²) in [5.74, 6) is 1.29. The molecule has 0 unspecified atom stereocenters. The fourth-order valence-electron chi connectivity index (χ4n) is 3.87. The quantitative estimate of drug-likeness (QED) is 0.520. The van der Waals surface area contributed by atoms with E-state index in [1.807, 2.05) is 54.0 Å². The summed E-state index contributed by atoms with van der Waals surface area (Å²) in [6.45, 7) is 6.37. The van der Waals surface area contributed by atoms with Crippen LogP contribution < -0.4 is 16.0 Å². The first-order valence-corrected chi connectivity index (χ1v) is 9.75. The van der Waals surface area contributed by atoms with Gasteiger partial charge in [-0.3, -0.25) is 22.9 Å². The third kappa shape index (κ3) is 2.62. The maximum atomic E-state index is 13.3. The Morgan fingerprint density at radius 3 is 2.52 bits per heavy atom. The lowest BCUT2D eigenvalue weighted by Gasteiger charge is -2.11. The number of nitrogens with zero attached hydrogens (tertiary/aromatic N) is 5. The van der Waals surface area contributed by atoms with Crippen LogP contribution in [0.3, 0.4) is 0 Å². The number of aryl methyl sites for hydroxylation is 2. The van der Waals surface area contributed by atoms with E-state index in [-0.39, 0.29) is 11.2 Å². The van der Waals surface area contributed by atoms with E-state index in [0.29, 0.717) is 29.2 Å². The van der Waals surface area contributed by atoms with Gasteiger partial charge in [0.15, 0.2) is 11.2 Å². The molecule has 0 spiro atoms. The van der Waals surface area contributed by atoms with Crippen LogP contribution in [0.1, 0.15) is 31.2 Å². The van der Waals surface area contributed by atoms with Crippen LogP contribution in [0.5, 0.6) is 5.75 Å². The molecule has 8 nitrogen and oxygen atoms in total. The topological polar surface area (TPSA) is 75.5 Å². The average Bonchev–Trinajstić information content (AvgIpc) is 3.22. The van der Waals surface area contributed by atoms with Gasteiger partial charge in [0.25, 0.3) is 5.56 Å². The van der Waals surface area contributed by atoms with Crippen LogP contribution in [0.15, 0.2) is 33.9 Å². The van der Waals surface area contributed by atoms with Crippen LogP contribution in [-0.4, -0.2) is 30.2 Å². The summed E-state index contributed by atoms with van der Waals surface area (Å²) in [5, 5.41) is 0. The van der Waals surface area contributed by atoms with Gasteiger partial charge in [0.2, 0.25) is 5.78 Å². The first-order chi connectivity index (χ1) is 13.9. The summed E-state index contributed by atoms with van der Waals surface area (Å²) in [6.07, 6.45) is 1.67. The number of hydrogen-bond acceptors (Lipinski definition) is 4. The van der Waals surface area contributed by atoms with Gasteiger partial charge < -0.3 is 4.74 Å². The molecule has 1 aromatic carbocycles. The molecule has 0 fully saturated rings. The summed E-state index contributed by atoms with van der Waals surface area (Å²) >= 11 is 0. The molecule has 4 rings (SSSR count). The number of methoxy groups -OCH3 is 1. The van der Waals surface area contributed by atoms with Crippen molar-refractivity contribution in [3.05, 3.63) is 56.5 Å². The molecule has 0 radical (unpaired) electrons. The number of unbranched alkanes of at least 4 members (excludes halogenated alkanes) is 1. The second-order valence-corrected chi connectivity index (χ2v) is 7.25. The SMILES string of the molecule is CCCCn1c(=O)c2c(nc3n(-c4ccccc4OC)c(C)c(C)n23)n(C)c1=O. The van der Waals surface area contributed by atoms with E-state index >= 15 is 0 Å². The van der Waals surface area contributed by atoms with Crippen LogP contribution in [0.25, 0.3) is 22.6 Å². The van der Waals surface area contributed by atoms with Gasteiger partial charge in [-0.1, -0.05) is 25.5 Å². The summed E-state index contributed by atoms with van der Waals surface area (Å²) in [6, 6.07) is 7.67. The van der Waals surface area contributed by atoms with Crippen molar-refractivity contribution in [1.29, 1.82) is 0 Å². The lowest BCUT2D eigenvalue weighted by atomic mass is 10.2. The lowest BCUT2D eigenvalue weighted by molar-refractivity contribution is 0.413. The molecule has 3 aromatic heterocycles. The number of aromatic nitrogens is 5. The Morgan fingerprint density at radius 1 is 1.10 bits per heavy atom. The Hall–Kier alpha value is -3.29. The van der Waals surface area contributed by atoms with Crippen molar-refractivity contribution in [2.75, 3.05) is 7.11 Å². The second kappa shape index (κ2) is 6.95. The first kappa shape index (κ1) is 19.0. The number of hydrogen-bond donors (Lipinski definition) is 0. The molecule has 0 bridgehead atoms. The van der Waals surface area contributed by atoms with Crippen molar-refractivity contribution in [2.45, 2.75) is 40.2 Å². The van der Waals surface area contributed by atoms with Crippen molar-refractivity contribution in [3.8, 4) is 11.4 Å². The zero-order valence-corrected chi connectivity index (χ0v) is 17.4. The summed E-state index contributed by atoms with van der Waals surface area (Å²) in [7, 11) is 3.29. The van der Waals surface area contributed by atoms with Gasteiger partial charge in [-0.15, -0.1) is 0 Å². The van der Waals surface area contributed by atoms with Gasteiger partial charge in [0.1, 0.15) is 5.75 Å². The molecule has 0 aliphatic heterocycles. The molecule has 3 heterocycles. The first-order valence-electron chi connectivity index (χ1n) is 9.75. The molecule has 0 aliphatic carbocycles. The fourth-order valence-corrected chi connectivity index (χ4v) is 3.87. The molecule has 0 saturated carbocycles. The molecule has 0 N–H and O–H groups in total. The summed E-state index contributed by atoms with van der Waals surface area (Å²) < 4.78 is 12.1. The Balaban J connectivity index is 2.16. The Morgan fingerprint density at radius 2 is 1.83 bits per heavy atom. The zero-order chi connectivity index (χ0) is 20.9. The Labute approximate surface area is 167 Å². The molecule has 0 saturated heterocycles. The molecule has 0 aliphatic rings. The molecule has 0 atom stereocenters. The van der Waals surface area contributed by atoms with Gasteiger partial charge in [-0.2, -0.15) is 4.98 Å².